The first-order valence-corrected chi connectivity index (χ1v) is 6.67. The number of hydrogen-bond acceptors (Lipinski definition) is 3. The van der Waals surface area contributed by atoms with Gasteiger partial charge in [0, 0.05) is 19.0 Å². The summed E-state index contributed by atoms with van der Waals surface area (Å²) in [5.41, 5.74) is 0.222. The van der Waals surface area contributed by atoms with Gasteiger partial charge in [-0.15, -0.1) is 0 Å². The molecule has 108 valence electrons. The summed E-state index contributed by atoms with van der Waals surface area (Å²) in [6, 6.07) is 3.39. The third kappa shape index (κ3) is 3.87. The van der Waals surface area contributed by atoms with Crippen LogP contribution >= 0.6 is 0 Å². The SMILES string of the molecule is CC(C)CNCCc1ncc(-c2ccc(F)cc2F)o1. The molecule has 5 heteroatoms. The second kappa shape index (κ2) is 6.61. The fourth-order valence-electron chi connectivity index (χ4n) is 1.83. The first-order valence-electron chi connectivity index (χ1n) is 6.67. The Morgan fingerprint density at radius 1 is 1.30 bits per heavy atom. The average Bonchev–Trinajstić information content (AvgIpc) is 2.83. The number of rotatable bonds is 6. The molecule has 0 unspecified atom stereocenters. The standard InChI is InChI=1S/C15H18F2N2O/c1-10(2)8-18-6-5-15-19-9-14(20-15)12-4-3-11(16)7-13(12)17/h3-4,7,9-10,18H,5-6,8H2,1-2H3. The van der Waals surface area contributed by atoms with Gasteiger partial charge in [0.2, 0.25) is 0 Å². The summed E-state index contributed by atoms with van der Waals surface area (Å²) in [5, 5.41) is 3.28. The van der Waals surface area contributed by atoms with Crippen LogP contribution in [0.15, 0.2) is 28.8 Å². The van der Waals surface area contributed by atoms with Gasteiger partial charge in [0.25, 0.3) is 0 Å². The lowest BCUT2D eigenvalue weighted by atomic mass is 10.2. The van der Waals surface area contributed by atoms with E-state index in [-0.39, 0.29) is 5.56 Å². The minimum absolute atomic E-state index is 0.222. The second-order valence-electron chi connectivity index (χ2n) is 5.09. The predicted octanol–water partition coefficient (Wildman–Crippen LogP) is 3.41. The second-order valence-corrected chi connectivity index (χ2v) is 5.09. The normalized spacial score (nSPS) is 11.2. The van der Waals surface area contributed by atoms with Crippen LogP contribution in [0.5, 0.6) is 0 Å². The van der Waals surface area contributed by atoms with Crippen molar-refractivity contribution < 1.29 is 13.2 Å². The molecule has 0 atom stereocenters. The Labute approximate surface area is 117 Å². The van der Waals surface area contributed by atoms with Crippen LogP contribution in [-0.2, 0) is 6.42 Å². The molecule has 0 radical (unpaired) electrons. The fraction of sp³-hybridized carbons (Fsp3) is 0.400. The Morgan fingerprint density at radius 3 is 2.80 bits per heavy atom. The van der Waals surface area contributed by atoms with E-state index in [4.69, 9.17) is 4.42 Å². The molecule has 0 bridgehead atoms. The largest absolute Gasteiger partial charge is 0.441 e. The maximum Gasteiger partial charge on any atom is 0.196 e. The molecule has 1 heterocycles. The Kier molecular flexibility index (Phi) is 4.84. The van der Waals surface area contributed by atoms with Crippen molar-refractivity contribution in [2.45, 2.75) is 20.3 Å². The molecule has 0 aliphatic heterocycles. The van der Waals surface area contributed by atoms with Gasteiger partial charge < -0.3 is 9.73 Å². The molecule has 3 nitrogen and oxygen atoms in total. The summed E-state index contributed by atoms with van der Waals surface area (Å²) in [4.78, 5) is 4.11. The molecule has 2 rings (SSSR count). The Balaban J connectivity index is 1.98. The molecule has 0 fully saturated rings. The molecular weight excluding hydrogens is 262 g/mol. The molecule has 0 saturated carbocycles. The van der Waals surface area contributed by atoms with Crippen LogP contribution in [0.4, 0.5) is 8.78 Å². The maximum absolute atomic E-state index is 13.6. The van der Waals surface area contributed by atoms with Gasteiger partial charge in [-0.25, -0.2) is 13.8 Å². The van der Waals surface area contributed by atoms with E-state index in [9.17, 15) is 8.78 Å². The van der Waals surface area contributed by atoms with Gasteiger partial charge in [-0.3, -0.25) is 0 Å². The summed E-state index contributed by atoms with van der Waals surface area (Å²) >= 11 is 0. The number of halogens is 2. The van der Waals surface area contributed by atoms with Gasteiger partial charge in [-0.05, 0) is 24.6 Å². The molecule has 0 amide bonds. The molecular formula is C15H18F2N2O. The van der Waals surface area contributed by atoms with Crippen molar-refractivity contribution in [3.63, 3.8) is 0 Å². The molecule has 0 spiro atoms. The number of oxazole rings is 1. The van der Waals surface area contributed by atoms with Crippen LogP contribution < -0.4 is 5.32 Å². The quantitative estimate of drug-likeness (QED) is 0.824. The van der Waals surface area contributed by atoms with Crippen molar-refractivity contribution in [1.82, 2.24) is 10.3 Å². The van der Waals surface area contributed by atoms with Crippen molar-refractivity contribution in [3.05, 3.63) is 41.9 Å². The van der Waals surface area contributed by atoms with Gasteiger partial charge in [-0.1, -0.05) is 13.8 Å². The van der Waals surface area contributed by atoms with Crippen molar-refractivity contribution in [2.24, 2.45) is 5.92 Å². The van der Waals surface area contributed by atoms with Crippen molar-refractivity contribution in [1.29, 1.82) is 0 Å². The highest BCUT2D eigenvalue weighted by Gasteiger charge is 2.11. The van der Waals surface area contributed by atoms with Gasteiger partial charge in [-0.2, -0.15) is 0 Å². The maximum atomic E-state index is 13.6. The molecule has 20 heavy (non-hydrogen) atoms. The summed E-state index contributed by atoms with van der Waals surface area (Å²) in [7, 11) is 0. The lowest BCUT2D eigenvalue weighted by molar-refractivity contribution is 0.480. The zero-order valence-corrected chi connectivity index (χ0v) is 11.6. The first kappa shape index (κ1) is 14.7. The molecule has 0 saturated heterocycles. The highest BCUT2D eigenvalue weighted by atomic mass is 19.1. The van der Waals surface area contributed by atoms with Crippen molar-refractivity contribution >= 4 is 0 Å². The van der Waals surface area contributed by atoms with Gasteiger partial charge in [0.05, 0.1) is 11.8 Å². The zero-order valence-electron chi connectivity index (χ0n) is 11.6. The summed E-state index contributed by atoms with van der Waals surface area (Å²) in [6.45, 7) is 5.95. The van der Waals surface area contributed by atoms with Crippen LogP contribution in [0.25, 0.3) is 11.3 Å². The Bertz CT molecular complexity index is 567. The van der Waals surface area contributed by atoms with Crippen molar-refractivity contribution in [2.75, 3.05) is 13.1 Å². The van der Waals surface area contributed by atoms with Crippen LogP contribution in [0.3, 0.4) is 0 Å². The highest BCUT2D eigenvalue weighted by Crippen LogP contribution is 2.24. The van der Waals surface area contributed by atoms with E-state index in [1.165, 1.54) is 18.3 Å². The van der Waals surface area contributed by atoms with E-state index >= 15 is 0 Å². The Hall–Kier alpha value is -1.75. The van der Waals surface area contributed by atoms with E-state index < -0.39 is 11.6 Å². The third-order valence-corrected chi connectivity index (χ3v) is 2.82. The number of hydrogen-bond donors (Lipinski definition) is 1. The molecule has 2 aromatic rings. The van der Waals surface area contributed by atoms with Crippen LogP contribution in [-0.4, -0.2) is 18.1 Å². The molecule has 0 aliphatic rings. The summed E-state index contributed by atoms with van der Waals surface area (Å²) in [6.07, 6.45) is 2.10. The summed E-state index contributed by atoms with van der Waals surface area (Å²) < 4.78 is 31.9. The number of benzene rings is 1. The van der Waals surface area contributed by atoms with Crippen LogP contribution in [0, 0.1) is 17.6 Å². The number of aromatic nitrogens is 1. The molecule has 1 aromatic heterocycles. The molecule has 1 aromatic carbocycles. The lowest BCUT2D eigenvalue weighted by Crippen LogP contribution is -2.22. The summed E-state index contributed by atoms with van der Waals surface area (Å²) in [5.74, 6) is 0.194. The third-order valence-electron chi connectivity index (χ3n) is 2.82. The minimum Gasteiger partial charge on any atom is -0.441 e. The topological polar surface area (TPSA) is 38.1 Å². The van der Waals surface area contributed by atoms with Gasteiger partial charge in [0.15, 0.2) is 11.7 Å². The van der Waals surface area contributed by atoms with E-state index in [0.717, 1.165) is 19.2 Å². The zero-order chi connectivity index (χ0) is 14.5. The number of nitrogens with zero attached hydrogens (tertiary/aromatic N) is 1. The monoisotopic (exact) mass is 280 g/mol. The van der Waals surface area contributed by atoms with E-state index in [1.54, 1.807) is 0 Å². The predicted molar refractivity (Wildman–Crippen MR) is 73.3 cm³/mol. The molecule has 1 N–H and O–H groups in total. The van der Waals surface area contributed by atoms with E-state index in [2.05, 4.69) is 24.1 Å². The molecule has 0 aliphatic carbocycles. The smallest absolute Gasteiger partial charge is 0.196 e. The Morgan fingerprint density at radius 2 is 2.10 bits per heavy atom. The minimum atomic E-state index is -0.648. The fourth-order valence-corrected chi connectivity index (χ4v) is 1.83. The van der Waals surface area contributed by atoms with Gasteiger partial charge >= 0.3 is 0 Å². The highest BCUT2D eigenvalue weighted by molar-refractivity contribution is 5.57. The average molecular weight is 280 g/mol. The van der Waals surface area contributed by atoms with E-state index in [1.807, 2.05) is 0 Å². The van der Waals surface area contributed by atoms with Crippen LogP contribution in [0.2, 0.25) is 0 Å². The van der Waals surface area contributed by atoms with Gasteiger partial charge in [0.1, 0.15) is 11.6 Å². The number of nitrogens with one attached hydrogen (secondary N) is 1. The first-order chi connectivity index (χ1) is 9.56. The van der Waals surface area contributed by atoms with E-state index in [0.29, 0.717) is 24.0 Å². The lowest BCUT2D eigenvalue weighted by Gasteiger charge is -2.05. The van der Waals surface area contributed by atoms with Crippen LogP contribution in [0.1, 0.15) is 19.7 Å². The van der Waals surface area contributed by atoms with Crippen molar-refractivity contribution in [3.8, 4) is 11.3 Å².